The molecule has 1 N–H and O–H groups in total. The van der Waals surface area contributed by atoms with Gasteiger partial charge in [-0.05, 0) is 24.4 Å². The zero-order chi connectivity index (χ0) is 14.8. The number of hydrogen-bond acceptors (Lipinski definition) is 6. The summed E-state index contributed by atoms with van der Waals surface area (Å²) in [5, 5.41) is 3.42. The Hall–Kier alpha value is -1.14. The highest BCUT2D eigenvalue weighted by Gasteiger charge is 2.48. The van der Waals surface area contributed by atoms with E-state index in [4.69, 9.17) is 21.1 Å². The third kappa shape index (κ3) is 3.12. The van der Waals surface area contributed by atoms with Gasteiger partial charge in [-0.1, -0.05) is 20.8 Å². The molecule has 0 saturated heterocycles. The summed E-state index contributed by atoms with van der Waals surface area (Å²) in [6.07, 6.45) is 2.04. The Morgan fingerprint density at radius 3 is 2.70 bits per heavy atom. The van der Waals surface area contributed by atoms with Crippen LogP contribution in [0.3, 0.4) is 0 Å². The van der Waals surface area contributed by atoms with Crippen molar-refractivity contribution >= 4 is 17.5 Å². The molecular formula is C13H21ClN4O2. The van der Waals surface area contributed by atoms with Crippen molar-refractivity contribution in [2.75, 3.05) is 19.0 Å². The van der Waals surface area contributed by atoms with Crippen LogP contribution in [0.2, 0.25) is 5.28 Å². The fraction of sp³-hybridized carbons (Fsp3) is 0.769. The second-order valence-electron chi connectivity index (χ2n) is 5.54. The molecule has 112 valence electrons. The first-order valence-corrected chi connectivity index (χ1v) is 7.18. The monoisotopic (exact) mass is 300 g/mol. The summed E-state index contributed by atoms with van der Waals surface area (Å²) < 4.78 is 10.8. The van der Waals surface area contributed by atoms with Crippen LogP contribution in [0.15, 0.2) is 0 Å². The highest BCUT2D eigenvalue weighted by molar-refractivity contribution is 6.28. The zero-order valence-corrected chi connectivity index (χ0v) is 13.1. The highest BCUT2D eigenvalue weighted by Crippen LogP contribution is 2.43. The number of anilines is 1. The van der Waals surface area contributed by atoms with E-state index in [-0.39, 0.29) is 28.9 Å². The number of rotatable bonds is 6. The van der Waals surface area contributed by atoms with Crippen LogP contribution in [0.1, 0.15) is 33.6 Å². The van der Waals surface area contributed by atoms with Gasteiger partial charge in [-0.25, -0.2) is 0 Å². The Morgan fingerprint density at radius 2 is 2.10 bits per heavy atom. The Kier molecular flexibility index (Phi) is 4.65. The Morgan fingerprint density at radius 1 is 1.35 bits per heavy atom. The van der Waals surface area contributed by atoms with E-state index in [0.29, 0.717) is 12.6 Å². The predicted molar refractivity (Wildman–Crippen MR) is 77.2 cm³/mol. The maximum absolute atomic E-state index is 5.89. The third-order valence-corrected chi connectivity index (χ3v) is 3.96. The second kappa shape index (κ2) is 6.10. The molecule has 0 bridgehead atoms. The van der Waals surface area contributed by atoms with Crippen molar-refractivity contribution in [1.29, 1.82) is 0 Å². The molecule has 0 amide bonds. The molecule has 6 nitrogen and oxygen atoms in total. The topological polar surface area (TPSA) is 69.2 Å². The van der Waals surface area contributed by atoms with Gasteiger partial charge in [0.2, 0.25) is 11.2 Å². The van der Waals surface area contributed by atoms with Crippen LogP contribution < -0.4 is 10.1 Å². The quantitative estimate of drug-likeness (QED) is 0.870. The average molecular weight is 301 g/mol. The van der Waals surface area contributed by atoms with Crippen molar-refractivity contribution in [3.8, 4) is 6.01 Å². The van der Waals surface area contributed by atoms with Gasteiger partial charge in [0.05, 0.1) is 12.7 Å². The molecular weight excluding hydrogens is 280 g/mol. The van der Waals surface area contributed by atoms with Crippen molar-refractivity contribution < 1.29 is 9.47 Å². The molecule has 1 fully saturated rings. The molecule has 1 saturated carbocycles. The maximum Gasteiger partial charge on any atom is 0.322 e. The van der Waals surface area contributed by atoms with Crippen LogP contribution in [0, 0.1) is 5.41 Å². The van der Waals surface area contributed by atoms with Crippen molar-refractivity contribution in [2.45, 2.75) is 45.8 Å². The summed E-state index contributed by atoms with van der Waals surface area (Å²) >= 11 is 5.89. The Labute approximate surface area is 124 Å². The summed E-state index contributed by atoms with van der Waals surface area (Å²) in [7, 11) is 1.74. The first kappa shape index (κ1) is 15.3. The van der Waals surface area contributed by atoms with Gasteiger partial charge in [-0.3, -0.25) is 0 Å². The van der Waals surface area contributed by atoms with Crippen LogP contribution in [0.25, 0.3) is 0 Å². The van der Waals surface area contributed by atoms with Gasteiger partial charge in [-0.15, -0.1) is 0 Å². The first-order valence-electron chi connectivity index (χ1n) is 6.81. The van der Waals surface area contributed by atoms with E-state index in [1.165, 1.54) is 0 Å². The summed E-state index contributed by atoms with van der Waals surface area (Å²) in [5.74, 6) is 0.448. The summed E-state index contributed by atoms with van der Waals surface area (Å²) in [4.78, 5) is 12.3. The highest BCUT2D eigenvalue weighted by atomic mass is 35.5. The molecule has 1 heterocycles. The summed E-state index contributed by atoms with van der Waals surface area (Å²) in [5.41, 5.74) is 0.0261. The minimum Gasteiger partial charge on any atom is -0.463 e. The molecule has 1 aromatic rings. The van der Waals surface area contributed by atoms with Gasteiger partial charge in [0.25, 0.3) is 0 Å². The molecule has 1 aliphatic rings. The summed E-state index contributed by atoms with van der Waals surface area (Å²) in [6.45, 7) is 6.88. The van der Waals surface area contributed by atoms with E-state index in [2.05, 4.69) is 34.1 Å². The number of nitrogens with one attached hydrogen (secondary N) is 1. The second-order valence-corrected chi connectivity index (χ2v) is 5.88. The van der Waals surface area contributed by atoms with Gasteiger partial charge < -0.3 is 14.8 Å². The third-order valence-electron chi connectivity index (χ3n) is 3.79. The van der Waals surface area contributed by atoms with Crippen LogP contribution >= 0.6 is 11.6 Å². The molecule has 20 heavy (non-hydrogen) atoms. The van der Waals surface area contributed by atoms with E-state index in [1.807, 2.05) is 6.92 Å². The SMILES string of the molecule is CCCOc1nc(Cl)nc(NC2CC(OC)C2(C)C)n1. The van der Waals surface area contributed by atoms with Crippen LogP contribution in [-0.4, -0.2) is 40.8 Å². The smallest absolute Gasteiger partial charge is 0.322 e. The van der Waals surface area contributed by atoms with Gasteiger partial charge in [-0.2, -0.15) is 15.0 Å². The van der Waals surface area contributed by atoms with Crippen molar-refractivity contribution in [2.24, 2.45) is 5.41 Å². The number of halogens is 1. The molecule has 2 unspecified atom stereocenters. The average Bonchev–Trinajstić information content (AvgIpc) is 2.40. The summed E-state index contributed by atoms with van der Waals surface area (Å²) in [6, 6.07) is 0.500. The molecule has 0 spiro atoms. The number of methoxy groups -OCH3 is 1. The van der Waals surface area contributed by atoms with Crippen molar-refractivity contribution in [1.82, 2.24) is 15.0 Å². The van der Waals surface area contributed by atoms with Crippen LogP contribution in [0.4, 0.5) is 5.95 Å². The Bertz CT molecular complexity index is 470. The van der Waals surface area contributed by atoms with E-state index >= 15 is 0 Å². The lowest BCUT2D eigenvalue weighted by Gasteiger charge is -2.51. The molecule has 7 heteroatoms. The molecule has 0 radical (unpaired) electrons. The van der Waals surface area contributed by atoms with E-state index in [1.54, 1.807) is 7.11 Å². The van der Waals surface area contributed by atoms with Gasteiger partial charge in [0.1, 0.15) is 0 Å². The molecule has 1 aliphatic carbocycles. The minimum absolute atomic E-state index is 0.0261. The van der Waals surface area contributed by atoms with Crippen LogP contribution in [-0.2, 0) is 4.74 Å². The van der Waals surface area contributed by atoms with Gasteiger partial charge in [0, 0.05) is 18.6 Å². The number of nitrogens with zero attached hydrogens (tertiary/aromatic N) is 3. The van der Waals surface area contributed by atoms with E-state index in [0.717, 1.165) is 12.8 Å². The lowest BCUT2D eigenvalue weighted by molar-refractivity contribution is -0.0796. The first-order chi connectivity index (χ1) is 9.47. The van der Waals surface area contributed by atoms with Crippen molar-refractivity contribution in [3.05, 3.63) is 5.28 Å². The minimum atomic E-state index is 0.0261. The molecule has 2 rings (SSSR count). The number of ether oxygens (including phenoxy) is 2. The molecule has 0 aromatic carbocycles. The number of hydrogen-bond donors (Lipinski definition) is 1. The Balaban J connectivity index is 2.05. The largest absolute Gasteiger partial charge is 0.463 e. The van der Waals surface area contributed by atoms with E-state index in [9.17, 15) is 0 Å². The maximum atomic E-state index is 5.89. The predicted octanol–water partition coefficient (Wildman–Crippen LogP) is 2.54. The normalized spacial score (nSPS) is 24.1. The van der Waals surface area contributed by atoms with E-state index < -0.39 is 0 Å². The lowest BCUT2D eigenvalue weighted by Crippen LogP contribution is -2.57. The van der Waals surface area contributed by atoms with Gasteiger partial charge in [0.15, 0.2) is 0 Å². The lowest BCUT2D eigenvalue weighted by atomic mass is 9.64. The fourth-order valence-corrected chi connectivity index (χ4v) is 2.49. The standard InChI is InChI=1S/C13H21ClN4O2/c1-5-6-20-12-17-10(14)16-11(18-12)15-8-7-9(19-4)13(8,2)3/h8-9H,5-7H2,1-4H3,(H,15,16,17,18). The molecule has 1 aromatic heterocycles. The van der Waals surface area contributed by atoms with Crippen molar-refractivity contribution in [3.63, 3.8) is 0 Å². The van der Waals surface area contributed by atoms with Crippen LogP contribution in [0.5, 0.6) is 6.01 Å². The number of aromatic nitrogens is 3. The van der Waals surface area contributed by atoms with Gasteiger partial charge >= 0.3 is 6.01 Å². The zero-order valence-electron chi connectivity index (χ0n) is 12.3. The molecule has 0 aliphatic heterocycles. The fourth-order valence-electron chi connectivity index (χ4n) is 2.34. The molecule has 2 atom stereocenters.